The number of hydrazine groups is 1. The molecule has 1 fully saturated rings. The molecule has 6 heteroatoms. The summed E-state index contributed by atoms with van der Waals surface area (Å²) < 4.78 is 0. The highest BCUT2D eigenvalue weighted by Crippen LogP contribution is 2.28. The molecule has 0 spiro atoms. The van der Waals surface area contributed by atoms with Crippen molar-refractivity contribution in [3.05, 3.63) is 22.4 Å². The maximum Gasteiger partial charge on any atom is 0.279 e. The largest absolute Gasteiger partial charge is 0.317 e. The maximum atomic E-state index is 11.6. The Morgan fingerprint density at radius 1 is 1.38 bits per heavy atom. The summed E-state index contributed by atoms with van der Waals surface area (Å²) in [5.74, 6) is -0.630. The van der Waals surface area contributed by atoms with Crippen molar-refractivity contribution in [2.75, 3.05) is 0 Å². The monoisotopic (exact) mass is 239 g/mol. The first-order valence-corrected chi connectivity index (χ1v) is 5.93. The van der Waals surface area contributed by atoms with E-state index in [-0.39, 0.29) is 11.8 Å². The van der Waals surface area contributed by atoms with Crippen molar-refractivity contribution in [1.29, 1.82) is 0 Å². The Balaban J connectivity index is 1.84. The molecule has 2 amide bonds. The summed E-state index contributed by atoms with van der Waals surface area (Å²) in [5, 5.41) is 1.80. The van der Waals surface area contributed by atoms with E-state index in [1.807, 2.05) is 0 Å². The van der Waals surface area contributed by atoms with Crippen molar-refractivity contribution in [3.8, 4) is 0 Å². The Morgan fingerprint density at radius 3 is 2.62 bits per heavy atom. The molecule has 1 aliphatic carbocycles. The fourth-order valence-corrected chi connectivity index (χ4v) is 2.11. The molecule has 86 valence electrons. The fraction of sp³-hybridized carbons (Fsp3) is 0.400. The number of hydrogen-bond donors (Lipinski definition) is 3. The average molecular weight is 239 g/mol. The summed E-state index contributed by atoms with van der Waals surface area (Å²) in [6.45, 7) is 0. The number of rotatable bonds is 2. The summed E-state index contributed by atoms with van der Waals surface area (Å²) in [4.78, 5) is 23.6. The van der Waals surface area contributed by atoms with Crippen molar-refractivity contribution in [2.45, 2.75) is 24.8 Å². The Labute approximate surface area is 97.0 Å². The molecule has 1 aliphatic rings. The van der Waals surface area contributed by atoms with E-state index in [2.05, 4.69) is 10.9 Å². The number of amides is 2. The third-order valence-corrected chi connectivity index (χ3v) is 3.60. The van der Waals surface area contributed by atoms with Crippen molar-refractivity contribution < 1.29 is 9.59 Å². The Morgan fingerprint density at radius 2 is 2.12 bits per heavy atom. The summed E-state index contributed by atoms with van der Waals surface area (Å²) >= 11 is 1.32. The summed E-state index contributed by atoms with van der Waals surface area (Å²) in [5.41, 5.74) is 9.71. The van der Waals surface area contributed by atoms with E-state index in [1.54, 1.807) is 17.5 Å². The highest BCUT2D eigenvalue weighted by atomic mass is 32.1. The Kier molecular flexibility index (Phi) is 2.93. The number of thiophene rings is 1. The van der Waals surface area contributed by atoms with E-state index in [4.69, 9.17) is 5.73 Å². The lowest BCUT2D eigenvalue weighted by molar-refractivity contribution is -0.130. The molecule has 0 aliphatic heterocycles. The van der Waals surface area contributed by atoms with Crippen molar-refractivity contribution >= 4 is 23.2 Å². The van der Waals surface area contributed by atoms with Crippen molar-refractivity contribution in [1.82, 2.24) is 10.9 Å². The zero-order chi connectivity index (χ0) is 11.6. The number of hydrogen-bond acceptors (Lipinski definition) is 4. The van der Waals surface area contributed by atoms with E-state index < -0.39 is 5.54 Å². The molecule has 0 radical (unpaired) electrons. The number of nitrogens with two attached hydrogens (primary N) is 1. The van der Waals surface area contributed by atoms with Gasteiger partial charge in [0.2, 0.25) is 0 Å². The molecular formula is C10H13N3O2S. The molecule has 0 bridgehead atoms. The SMILES string of the molecule is NC1(C(=O)NNC(=O)c2cccs2)CCC1. The van der Waals surface area contributed by atoms with Gasteiger partial charge in [0.1, 0.15) is 0 Å². The average Bonchev–Trinajstić information content (AvgIpc) is 2.75. The third kappa shape index (κ3) is 2.07. The van der Waals surface area contributed by atoms with Gasteiger partial charge in [0.05, 0.1) is 10.4 Å². The highest BCUT2D eigenvalue weighted by molar-refractivity contribution is 7.12. The van der Waals surface area contributed by atoms with Crippen LogP contribution in [0.2, 0.25) is 0 Å². The summed E-state index contributed by atoms with van der Waals surface area (Å²) in [7, 11) is 0. The van der Waals surface area contributed by atoms with Gasteiger partial charge in [0.25, 0.3) is 11.8 Å². The van der Waals surface area contributed by atoms with Gasteiger partial charge in [-0.05, 0) is 30.7 Å². The van der Waals surface area contributed by atoms with E-state index in [0.29, 0.717) is 17.7 Å². The smallest absolute Gasteiger partial charge is 0.279 e. The minimum atomic E-state index is -0.789. The third-order valence-electron chi connectivity index (χ3n) is 2.73. The van der Waals surface area contributed by atoms with Gasteiger partial charge in [-0.15, -0.1) is 11.3 Å². The Bertz CT molecular complexity index is 398. The van der Waals surface area contributed by atoms with Gasteiger partial charge in [-0.2, -0.15) is 0 Å². The Hall–Kier alpha value is -1.40. The predicted molar refractivity (Wildman–Crippen MR) is 60.7 cm³/mol. The molecular weight excluding hydrogens is 226 g/mol. The molecule has 4 N–H and O–H groups in total. The molecule has 1 heterocycles. The molecule has 1 aromatic heterocycles. The van der Waals surface area contributed by atoms with Crippen LogP contribution in [0.4, 0.5) is 0 Å². The summed E-state index contributed by atoms with van der Waals surface area (Å²) in [6.07, 6.45) is 2.31. The van der Waals surface area contributed by atoms with Crippen LogP contribution in [0.15, 0.2) is 17.5 Å². The van der Waals surface area contributed by atoms with Gasteiger partial charge in [0.15, 0.2) is 0 Å². The van der Waals surface area contributed by atoms with E-state index >= 15 is 0 Å². The van der Waals surface area contributed by atoms with Gasteiger partial charge in [0, 0.05) is 0 Å². The second-order valence-corrected chi connectivity index (χ2v) is 4.84. The molecule has 0 unspecified atom stereocenters. The van der Waals surface area contributed by atoms with Gasteiger partial charge < -0.3 is 5.73 Å². The molecule has 5 nitrogen and oxygen atoms in total. The van der Waals surface area contributed by atoms with Crippen LogP contribution in [0.5, 0.6) is 0 Å². The van der Waals surface area contributed by atoms with Crippen LogP contribution in [-0.2, 0) is 4.79 Å². The zero-order valence-corrected chi connectivity index (χ0v) is 9.47. The molecule has 0 aromatic carbocycles. The van der Waals surface area contributed by atoms with E-state index in [0.717, 1.165) is 6.42 Å². The minimum absolute atomic E-state index is 0.314. The lowest BCUT2D eigenvalue weighted by atomic mass is 9.77. The predicted octanol–water partition coefficient (Wildman–Crippen LogP) is 0.390. The first-order valence-electron chi connectivity index (χ1n) is 5.05. The second-order valence-electron chi connectivity index (χ2n) is 3.90. The number of carbonyl (C=O) groups is 2. The number of nitrogens with one attached hydrogen (secondary N) is 2. The van der Waals surface area contributed by atoms with Gasteiger partial charge in [-0.3, -0.25) is 20.4 Å². The molecule has 0 atom stereocenters. The van der Waals surface area contributed by atoms with Gasteiger partial charge in [-0.1, -0.05) is 6.07 Å². The fourth-order valence-electron chi connectivity index (χ4n) is 1.49. The van der Waals surface area contributed by atoms with Crippen molar-refractivity contribution in [3.63, 3.8) is 0 Å². The molecule has 1 saturated carbocycles. The van der Waals surface area contributed by atoms with Crippen LogP contribution in [0, 0.1) is 0 Å². The van der Waals surface area contributed by atoms with Gasteiger partial charge in [-0.25, -0.2) is 0 Å². The summed E-state index contributed by atoms with van der Waals surface area (Å²) in [6, 6.07) is 3.46. The van der Waals surface area contributed by atoms with Crippen molar-refractivity contribution in [2.24, 2.45) is 5.73 Å². The molecule has 0 saturated heterocycles. The lowest BCUT2D eigenvalue weighted by Crippen LogP contribution is -2.61. The molecule has 16 heavy (non-hydrogen) atoms. The zero-order valence-electron chi connectivity index (χ0n) is 8.66. The highest BCUT2D eigenvalue weighted by Gasteiger charge is 2.40. The molecule has 1 aromatic rings. The van der Waals surface area contributed by atoms with Crippen LogP contribution in [0.25, 0.3) is 0 Å². The quantitative estimate of drug-likeness (QED) is 0.653. The minimum Gasteiger partial charge on any atom is -0.317 e. The van der Waals surface area contributed by atoms with E-state index in [9.17, 15) is 9.59 Å². The first-order chi connectivity index (χ1) is 7.62. The van der Waals surface area contributed by atoms with Crippen LogP contribution >= 0.6 is 11.3 Å². The normalized spacial score (nSPS) is 17.3. The topological polar surface area (TPSA) is 84.2 Å². The molecule has 2 rings (SSSR count). The standard InChI is InChI=1S/C10H13N3O2S/c11-10(4-2-5-10)9(15)13-12-8(14)7-3-1-6-16-7/h1,3,6H,2,4-5,11H2,(H,12,14)(H,13,15). The lowest BCUT2D eigenvalue weighted by Gasteiger charge is -2.35. The first kappa shape index (κ1) is 11.1. The van der Waals surface area contributed by atoms with Gasteiger partial charge >= 0.3 is 0 Å². The maximum absolute atomic E-state index is 11.6. The van der Waals surface area contributed by atoms with Crippen LogP contribution in [-0.4, -0.2) is 17.4 Å². The number of carbonyl (C=O) groups excluding carboxylic acids is 2. The van der Waals surface area contributed by atoms with E-state index in [1.165, 1.54) is 11.3 Å². The second kappa shape index (κ2) is 4.23. The van der Waals surface area contributed by atoms with Crippen LogP contribution < -0.4 is 16.6 Å². The van der Waals surface area contributed by atoms with Crippen LogP contribution in [0.1, 0.15) is 28.9 Å². The van der Waals surface area contributed by atoms with Crippen LogP contribution in [0.3, 0.4) is 0 Å².